The van der Waals surface area contributed by atoms with Crippen molar-refractivity contribution in [2.24, 2.45) is 0 Å². The van der Waals surface area contributed by atoms with Crippen LogP contribution in [0.3, 0.4) is 0 Å². The van der Waals surface area contributed by atoms with E-state index >= 15 is 0 Å². The zero-order valence-corrected chi connectivity index (χ0v) is 6.43. The second-order valence-corrected chi connectivity index (χ2v) is 2.08. The second-order valence-electron chi connectivity index (χ2n) is 2.08. The van der Waals surface area contributed by atoms with Gasteiger partial charge >= 0.3 is 6.47 Å². The maximum atomic E-state index is 9.62. The molecule has 0 atom stereocenters. The third-order valence-electron chi connectivity index (χ3n) is 1.23. The molecule has 0 saturated heterocycles. The number of ether oxygens (including phenoxy) is 1. The van der Waals surface area contributed by atoms with Gasteiger partial charge in [0.1, 0.15) is 6.61 Å². The lowest BCUT2D eigenvalue weighted by atomic mass is 10.3. The predicted octanol–water partition coefficient (Wildman–Crippen LogP) is 1.18. The van der Waals surface area contributed by atoms with Crippen LogP contribution in [-0.4, -0.2) is 18.1 Å². The average Bonchev–Trinajstić information content (AvgIpc) is 2.14. The first-order valence-electron chi connectivity index (χ1n) is 3.49. The lowest BCUT2D eigenvalue weighted by molar-refractivity contribution is 0.314. The van der Waals surface area contributed by atoms with E-state index in [9.17, 15) is 4.79 Å². The quantitative estimate of drug-likeness (QED) is 0.624. The number of aromatic nitrogens is 1. The predicted molar refractivity (Wildman–Crippen MR) is 44.9 cm³/mol. The van der Waals surface area contributed by atoms with Gasteiger partial charge in [-0.2, -0.15) is 0 Å². The number of hydrogen-bond donors (Lipinski definition) is 0. The van der Waals surface area contributed by atoms with Gasteiger partial charge in [0.15, 0.2) is 0 Å². The molecule has 1 aromatic rings. The lowest BCUT2D eigenvalue weighted by Crippen LogP contribution is -1.85. The molecule has 1 aromatic heterocycles. The number of hydrogen-bond acceptors (Lipinski definition) is 3. The fourth-order valence-electron chi connectivity index (χ4n) is 0.741. The highest BCUT2D eigenvalue weighted by Crippen LogP contribution is 1.97. The van der Waals surface area contributed by atoms with E-state index in [0.717, 1.165) is 5.56 Å². The van der Waals surface area contributed by atoms with E-state index in [-0.39, 0.29) is 6.61 Å². The Kier molecular flexibility index (Phi) is 3.57. The second kappa shape index (κ2) is 5.07. The summed E-state index contributed by atoms with van der Waals surface area (Å²) < 4.78 is 4.34. The summed E-state index contributed by atoms with van der Waals surface area (Å²) in [5.41, 5.74) is 0.979. The van der Waals surface area contributed by atoms with Crippen LogP contribution in [0.4, 0.5) is 0 Å². The molecule has 0 N–H and O–H groups in total. The molecule has 0 amide bonds. The van der Waals surface area contributed by atoms with Crippen LogP contribution in [0.5, 0.6) is 0 Å². The van der Waals surface area contributed by atoms with Gasteiger partial charge in [0.25, 0.3) is 0 Å². The smallest absolute Gasteiger partial charge is 0.417 e. The van der Waals surface area contributed by atoms with Crippen molar-refractivity contribution in [3.8, 4) is 0 Å². The van der Waals surface area contributed by atoms with Crippen molar-refractivity contribution in [1.82, 2.24) is 4.98 Å². The molecule has 0 fully saturated rings. The summed E-state index contributed by atoms with van der Waals surface area (Å²) in [5, 5.41) is 0. The summed E-state index contributed by atoms with van der Waals surface area (Å²) in [6.45, 7) is 1.59. The monoisotopic (exact) mass is 162 g/mol. The Morgan fingerprint density at radius 3 is 3.25 bits per heavy atom. The van der Waals surface area contributed by atoms with E-state index in [2.05, 4.69) is 9.72 Å². The van der Waals surface area contributed by atoms with Gasteiger partial charge in [0.05, 0.1) is 0 Å². The molecule has 3 nitrogen and oxygen atoms in total. The van der Waals surface area contributed by atoms with Gasteiger partial charge in [0.2, 0.25) is 0 Å². The van der Waals surface area contributed by atoms with Crippen LogP contribution >= 0.6 is 0 Å². The minimum atomic E-state index is 0.248. The van der Waals surface area contributed by atoms with E-state index in [4.69, 9.17) is 0 Å². The number of carbonyl (C=O) groups excluding carboxylic acids is 1. The number of rotatable bonds is 4. The summed E-state index contributed by atoms with van der Waals surface area (Å²) in [7, 11) is 0. The van der Waals surface area contributed by atoms with Crippen LogP contribution in [0.25, 0.3) is 6.08 Å². The van der Waals surface area contributed by atoms with Gasteiger partial charge in [0, 0.05) is 12.4 Å². The molecular weight excluding hydrogens is 154 g/mol. The summed E-state index contributed by atoms with van der Waals surface area (Å²) in [6.07, 6.45) is 6.97. The maximum Gasteiger partial charge on any atom is 0.417 e. The molecule has 0 unspecified atom stereocenters. The Morgan fingerprint density at radius 1 is 1.67 bits per heavy atom. The highest BCUT2D eigenvalue weighted by atomic mass is 16.5. The van der Waals surface area contributed by atoms with Crippen molar-refractivity contribution in [2.45, 2.75) is 0 Å². The minimum Gasteiger partial charge on any atom is -0.453 e. The molecule has 12 heavy (non-hydrogen) atoms. The first-order chi connectivity index (χ1) is 5.93. The third kappa shape index (κ3) is 2.96. The Labute approximate surface area is 70.7 Å². The summed E-state index contributed by atoms with van der Waals surface area (Å²) >= 11 is 0. The van der Waals surface area contributed by atoms with Crippen molar-refractivity contribution in [2.75, 3.05) is 6.61 Å². The summed E-state index contributed by atoms with van der Waals surface area (Å²) in [4.78, 5) is 13.5. The zero-order chi connectivity index (χ0) is 8.65. The summed E-state index contributed by atoms with van der Waals surface area (Å²) in [5.74, 6) is 0. The van der Waals surface area contributed by atoms with E-state index in [1.807, 2.05) is 18.2 Å². The van der Waals surface area contributed by atoms with Crippen molar-refractivity contribution in [3.05, 3.63) is 36.2 Å². The van der Waals surface area contributed by atoms with Gasteiger partial charge in [-0.3, -0.25) is 4.98 Å². The fraction of sp³-hybridized carbons (Fsp3) is 0.111. The first-order valence-corrected chi connectivity index (χ1v) is 3.49. The van der Waals surface area contributed by atoms with E-state index in [0.29, 0.717) is 0 Å². The first kappa shape index (κ1) is 8.46. The molecule has 0 aromatic carbocycles. The highest BCUT2D eigenvalue weighted by molar-refractivity contribution is 5.47. The minimum absolute atomic E-state index is 0.248. The van der Waals surface area contributed by atoms with E-state index in [1.165, 1.54) is 6.47 Å². The third-order valence-corrected chi connectivity index (χ3v) is 1.23. The zero-order valence-electron chi connectivity index (χ0n) is 6.43. The molecule has 0 saturated carbocycles. The lowest BCUT2D eigenvalue weighted by Gasteiger charge is -1.90. The van der Waals surface area contributed by atoms with Crippen molar-refractivity contribution in [1.29, 1.82) is 0 Å². The van der Waals surface area contributed by atoms with Gasteiger partial charge in [-0.05, 0) is 17.7 Å². The normalized spacial score (nSPS) is 10.0. The summed E-state index contributed by atoms with van der Waals surface area (Å²) in [6, 6.07) is 3.75. The largest absolute Gasteiger partial charge is 0.453 e. The van der Waals surface area contributed by atoms with E-state index < -0.39 is 0 Å². The number of pyridine rings is 1. The van der Waals surface area contributed by atoms with Crippen LogP contribution in [0.1, 0.15) is 5.56 Å². The molecular formula is C9H8NO2. The Balaban J connectivity index is 2.41. The molecule has 3 heteroatoms. The molecule has 0 spiro atoms. The number of nitrogens with zero attached hydrogens (tertiary/aromatic N) is 1. The maximum absolute atomic E-state index is 9.62. The topological polar surface area (TPSA) is 39.2 Å². The molecule has 1 heterocycles. The van der Waals surface area contributed by atoms with Crippen LogP contribution in [-0.2, 0) is 9.53 Å². The standard InChI is InChI=1S/C9H8NO2/c11-8-12-6-2-4-9-3-1-5-10-7-9/h1-5,7H,6H2. The van der Waals surface area contributed by atoms with Gasteiger partial charge in [-0.1, -0.05) is 12.1 Å². The SMILES string of the molecule is O=[C]OCC=Cc1cccnc1. The van der Waals surface area contributed by atoms with Crippen molar-refractivity contribution < 1.29 is 9.53 Å². The van der Waals surface area contributed by atoms with Gasteiger partial charge in [-0.15, -0.1) is 0 Å². The Morgan fingerprint density at radius 2 is 2.58 bits per heavy atom. The van der Waals surface area contributed by atoms with Crippen molar-refractivity contribution in [3.63, 3.8) is 0 Å². The molecule has 0 aliphatic heterocycles. The van der Waals surface area contributed by atoms with Crippen LogP contribution in [0, 0.1) is 0 Å². The molecule has 1 radical (unpaired) electrons. The molecule has 61 valence electrons. The average molecular weight is 162 g/mol. The van der Waals surface area contributed by atoms with E-state index in [1.54, 1.807) is 18.5 Å². The molecule has 0 aliphatic rings. The van der Waals surface area contributed by atoms with Crippen LogP contribution in [0.2, 0.25) is 0 Å². The Bertz CT molecular complexity index is 256. The Hall–Kier alpha value is -1.64. The fourth-order valence-corrected chi connectivity index (χ4v) is 0.741. The van der Waals surface area contributed by atoms with Gasteiger partial charge in [-0.25, -0.2) is 4.79 Å². The molecule has 1 rings (SSSR count). The van der Waals surface area contributed by atoms with Crippen molar-refractivity contribution >= 4 is 12.5 Å². The van der Waals surface area contributed by atoms with Gasteiger partial charge < -0.3 is 4.74 Å². The molecule has 0 bridgehead atoms. The van der Waals surface area contributed by atoms with Crippen LogP contribution in [0.15, 0.2) is 30.6 Å². The molecule has 0 aliphatic carbocycles. The highest BCUT2D eigenvalue weighted by Gasteiger charge is 1.82. The van der Waals surface area contributed by atoms with Crippen LogP contribution < -0.4 is 0 Å².